The van der Waals surface area contributed by atoms with Crippen molar-refractivity contribution >= 4 is 10.8 Å². The summed E-state index contributed by atoms with van der Waals surface area (Å²) in [5.41, 5.74) is 0.324. The maximum Gasteiger partial charge on any atom is 0.0291 e. The van der Waals surface area contributed by atoms with Crippen molar-refractivity contribution in [1.82, 2.24) is 0 Å². The van der Waals surface area contributed by atoms with Gasteiger partial charge in [-0.2, -0.15) is 0 Å². The van der Waals surface area contributed by atoms with E-state index in [1.54, 1.807) is 0 Å². The third kappa shape index (κ3) is 6.54. The lowest BCUT2D eigenvalue weighted by Crippen LogP contribution is -2.15. The molecule has 68 valence electrons. The second-order valence-electron chi connectivity index (χ2n) is 4.44. The van der Waals surface area contributed by atoms with Gasteiger partial charge in [0.1, 0.15) is 0 Å². The Morgan fingerprint density at radius 3 is 2.00 bits per heavy atom. The van der Waals surface area contributed by atoms with E-state index in [9.17, 15) is 4.21 Å². The van der Waals surface area contributed by atoms with Crippen LogP contribution in [0.4, 0.5) is 0 Å². The van der Waals surface area contributed by atoms with E-state index in [-0.39, 0.29) is 0 Å². The first-order valence-electron chi connectivity index (χ1n) is 4.20. The Morgan fingerprint density at radius 1 is 1.27 bits per heavy atom. The van der Waals surface area contributed by atoms with E-state index >= 15 is 0 Å². The summed E-state index contributed by atoms with van der Waals surface area (Å²) in [6.07, 6.45) is 1.05. The van der Waals surface area contributed by atoms with Crippen molar-refractivity contribution < 1.29 is 4.21 Å². The highest BCUT2D eigenvalue weighted by atomic mass is 32.2. The highest BCUT2D eigenvalue weighted by Gasteiger charge is 2.13. The van der Waals surface area contributed by atoms with Gasteiger partial charge in [0, 0.05) is 21.8 Å². The Morgan fingerprint density at radius 2 is 1.73 bits per heavy atom. The molecule has 0 fully saturated rings. The predicted octanol–water partition coefficient (Wildman–Crippen LogP) is 2.58. The van der Waals surface area contributed by atoms with Crippen molar-refractivity contribution in [1.29, 1.82) is 0 Å². The van der Waals surface area contributed by atoms with Gasteiger partial charge in [0.15, 0.2) is 0 Å². The van der Waals surface area contributed by atoms with Crippen LogP contribution in [0, 0.1) is 5.41 Å². The fraction of sp³-hybridized carbons (Fsp3) is 1.00. The zero-order chi connectivity index (χ0) is 9.07. The summed E-state index contributed by atoms with van der Waals surface area (Å²) in [4.78, 5) is 0. The quantitative estimate of drug-likeness (QED) is 0.646. The van der Waals surface area contributed by atoms with Gasteiger partial charge in [-0.05, 0) is 11.8 Å². The lowest BCUT2D eigenvalue weighted by molar-refractivity contribution is 0.399. The fourth-order valence-corrected chi connectivity index (χ4v) is 1.93. The lowest BCUT2D eigenvalue weighted by Gasteiger charge is -2.17. The van der Waals surface area contributed by atoms with Gasteiger partial charge in [-0.1, -0.05) is 34.6 Å². The molecule has 0 spiro atoms. The molecule has 0 radical (unpaired) electrons. The molecule has 0 amide bonds. The average Bonchev–Trinajstić information content (AvgIpc) is 1.80. The highest BCUT2D eigenvalue weighted by molar-refractivity contribution is 7.85. The molecule has 0 aromatic rings. The van der Waals surface area contributed by atoms with Crippen molar-refractivity contribution in [2.45, 2.75) is 46.3 Å². The molecular weight excluding hydrogens is 156 g/mol. The molecule has 0 N–H and O–H groups in total. The third-order valence-electron chi connectivity index (χ3n) is 1.58. The standard InChI is InChI=1S/C9H20OS/c1-8(2)11(10)7-6-9(3,4)5/h8H,6-7H2,1-5H3. The van der Waals surface area contributed by atoms with Crippen molar-refractivity contribution in [2.75, 3.05) is 5.75 Å². The summed E-state index contributed by atoms with van der Waals surface area (Å²) in [6, 6.07) is 0. The Hall–Kier alpha value is 0.150. The molecule has 11 heavy (non-hydrogen) atoms. The molecule has 0 saturated carbocycles. The van der Waals surface area contributed by atoms with Crippen LogP contribution < -0.4 is 0 Å². The topological polar surface area (TPSA) is 17.1 Å². The number of rotatable bonds is 3. The normalized spacial score (nSPS) is 15.5. The fourth-order valence-electron chi connectivity index (χ4n) is 0.642. The Kier molecular flexibility index (Phi) is 4.30. The van der Waals surface area contributed by atoms with Crippen LogP contribution in [0.15, 0.2) is 0 Å². The van der Waals surface area contributed by atoms with Crippen LogP contribution in [0.2, 0.25) is 0 Å². The Balaban J connectivity index is 3.64. The van der Waals surface area contributed by atoms with Gasteiger partial charge in [-0.25, -0.2) is 0 Å². The van der Waals surface area contributed by atoms with Gasteiger partial charge < -0.3 is 0 Å². The van der Waals surface area contributed by atoms with Crippen LogP contribution in [-0.2, 0) is 10.8 Å². The molecule has 2 heteroatoms. The largest absolute Gasteiger partial charge is 0.259 e. The van der Waals surface area contributed by atoms with Crippen molar-refractivity contribution in [2.24, 2.45) is 5.41 Å². The molecular formula is C9H20OS. The molecule has 0 rings (SSSR count). The van der Waals surface area contributed by atoms with E-state index in [4.69, 9.17) is 0 Å². The van der Waals surface area contributed by atoms with E-state index in [0.29, 0.717) is 10.7 Å². The smallest absolute Gasteiger partial charge is 0.0291 e. The summed E-state index contributed by atoms with van der Waals surface area (Å²) in [7, 11) is -0.618. The van der Waals surface area contributed by atoms with Crippen LogP contribution >= 0.6 is 0 Å². The third-order valence-corrected chi connectivity index (χ3v) is 3.24. The van der Waals surface area contributed by atoms with Crippen LogP contribution in [0.3, 0.4) is 0 Å². The maximum atomic E-state index is 11.3. The average molecular weight is 176 g/mol. The summed E-state index contributed by atoms with van der Waals surface area (Å²) < 4.78 is 11.3. The SMILES string of the molecule is CC(C)S(=O)CCC(C)(C)C. The van der Waals surface area contributed by atoms with Gasteiger partial charge in [0.25, 0.3) is 0 Å². The van der Waals surface area contributed by atoms with Crippen molar-refractivity contribution in [3.63, 3.8) is 0 Å². The number of hydrogen-bond acceptors (Lipinski definition) is 1. The minimum Gasteiger partial charge on any atom is -0.259 e. The van der Waals surface area contributed by atoms with E-state index < -0.39 is 10.8 Å². The summed E-state index contributed by atoms with van der Waals surface area (Å²) in [5.74, 6) is 0.848. The molecule has 0 aliphatic carbocycles. The number of hydrogen-bond donors (Lipinski definition) is 0. The van der Waals surface area contributed by atoms with Gasteiger partial charge >= 0.3 is 0 Å². The van der Waals surface area contributed by atoms with E-state index in [1.165, 1.54) is 0 Å². The van der Waals surface area contributed by atoms with Crippen molar-refractivity contribution in [3.8, 4) is 0 Å². The molecule has 0 aromatic heterocycles. The van der Waals surface area contributed by atoms with Crippen molar-refractivity contribution in [3.05, 3.63) is 0 Å². The monoisotopic (exact) mass is 176 g/mol. The van der Waals surface area contributed by atoms with Crippen LogP contribution in [0.5, 0.6) is 0 Å². The molecule has 0 aliphatic heterocycles. The lowest BCUT2D eigenvalue weighted by atomic mass is 9.94. The molecule has 1 atom stereocenters. The summed E-state index contributed by atoms with van der Waals surface area (Å²) in [6.45, 7) is 10.6. The van der Waals surface area contributed by atoms with Gasteiger partial charge in [0.2, 0.25) is 0 Å². The summed E-state index contributed by atoms with van der Waals surface area (Å²) in [5, 5.41) is 0.317. The van der Waals surface area contributed by atoms with E-state index in [1.807, 2.05) is 13.8 Å². The zero-order valence-corrected chi connectivity index (χ0v) is 9.12. The minimum atomic E-state index is -0.618. The summed E-state index contributed by atoms with van der Waals surface area (Å²) >= 11 is 0. The van der Waals surface area contributed by atoms with Crippen LogP contribution in [0.1, 0.15) is 41.0 Å². The molecule has 0 saturated heterocycles. The second kappa shape index (κ2) is 4.24. The minimum absolute atomic E-state index is 0.317. The molecule has 1 nitrogen and oxygen atoms in total. The predicted molar refractivity (Wildman–Crippen MR) is 52.2 cm³/mol. The second-order valence-corrected chi connectivity index (χ2v) is 6.56. The molecule has 0 heterocycles. The highest BCUT2D eigenvalue weighted by Crippen LogP contribution is 2.19. The molecule has 0 bridgehead atoms. The van der Waals surface area contributed by atoms with Gasteiger partial charge in [0.05, 0.1) is 0 Å². The first-order valence-corrected chi connectivity index (χ1v) is 5.58. The van der Waals surface area contributed by atoms with Gasteiger partial charge in [-0.3, -0.25) is 4.21 Å². The maximum absolute atomic E-state index is 11.3. The first kappa shape index (κ1) is 11.2. The van der Waals surface area contributed by atoms with E-state index in [2.05, 4.69) is 20.8 Å². The first-order chi connectivity index (χ1) is 4.83. The Bertz CT molecular complexity index is 133. The zero-order valence-electron chi connectivity index (χ0n) is 8.31. The Labute approximate surface area is 73.0 Å². The molecule has 0 aliphatic rings. The van der Waals surface area contributed by atoms with Crippen LogP contribution in [-0.4, -0.2) is 15.2 Å². The molecule has 0 aromatic carbocycles. The van der Waals surface area contributed by atoms with Crippen LogP contribution in [0.25, 0.3) is 0 Å². The molecule has 1 unspecified atom stereocenters. The van der Waals surface area contributed by atoms with Gasteiger partial charge in [-0.15, -0.1) is 0 Å². The van der Waals surface area contributed by atoms with E-state index in [0.717, 1.165) is 12.2 Å².